The highest BCUT2D eigenvalue weighted by Gasteiger charge is 2.20. The van der Waals surface area contributed by atoms with Gasteiger partial charge in [0.2, 0.25) is 0 Å². The van der Waals surface area contributed by atoms with E-state index in [2.05, 4.69) is 153 Å². The molecule has 7 rings (SSSR count). The van der Waals surface area contributed by atoms with Crippen LogP contribution in [-0.4, -0.2) is 24.9 Å². The summed E-state index contributed by atoms with van der Waals surface area (Å²) in [5.41, 5.74) is 11.8. The molecule has 6 heteroatoms. The maximum atomic E-state index is 4.98. The van der Waals surface area contributed by atoms with Gasteiger partial charge in [-0.25, -0.2) is 15.0 Å². The summed E-state index contributed by atoms with van der Waals surface area (Å²) in [5.74, 6) is 1.67. The highest BCUT2D eigenvalue weighted by Crippen LogP contribution is 2.31. The number of rotatable bonds is 6. The third-order valence-electron chi connectivity index (χ3n) is 10.1. The van der Waals surface area contributed by atoms with Gasteiger partial charge in [-0.3, -0.25) is 9.97 Å². The van der Waals surface area contributed by atoms with Crippen molar-refractivity contribution in [2.75, 3.05) is 0 Å². The number of aromatic nitrogens is 5. The molecule has 0 saturated carbocycles. The predicted molar refractivity (Wildman–Crippen MR) is 223 cm³/mol. The molecule has 4 heterocycles. The number of dihydropyridines is 1. The van der Waals surface area contributed by atoms with Gasteiger partial charge in [-0.15, -0.1) is 0 Å². The SMILES string of the molecule is CC(C)(C)c1ccc(-c2ccc(-c3nc(C4=CNC(c5ccc(C(C)(C)C)cc5)C=C4)nc(-c4ccc(-c5ccc(C(C)(C)C)cc5)nc4)n3)cn2)cc1. The van der Waals surface area contributed by atoms with Gasteiger partial charge in [-0.1, -0.05) is 147 Å². The zero-order valence-electron chi connectivity index (χ0n) is 32.9. The molecule has 0 amide bonds. The summed E-state index contributed by atoms with van der Waals surface area (Å²) in [7, 11) is 0. The number of nitrogens with one attached hydrogen (secondary N) is 1. The first kappa shape index (κ1) is 36.6. The Labute approximate surface area is 320 Å². The average molecular weight is 711 g/mol. The molecule has 1 N–H and O–H groups in total. The topological polar surface area (TPSA) is 76.5 Å². The van der Waals surface area contributed by atoms with E-state index in [0.717, 1.165) is 39.2 Å². The second kappa shape index (κ2) is 14.2. The van der Waals surface area contributed by atoms with Crippen LogP contribution in [0, 0.1) is 0 Å². The van der Waals surface area contributed by atoms with Gasteiger partial charge in [0.1, 0.15) is 0 Å². The Morgan fingerprint density at radius 3 is 1.19 bits per heavy atom. The lowest BCUT2D eigenvalue weighted by molar-refractivity contribution is 0.589. The van der Waals surface area contributed by atoms with Crippen molar-refractivity contribution in [3.8, 4) is 45.3 Å². The molecule has 3 aromatic carbocycles. The van der Waals surface area contributed by atoms with Crippen LogP contribution in [0.3, 0.4) is 0 Å². The van der Waals surface area contributed by atoms with Crippen molar-refractivity contribution >= 4 is 5.57 Å². The fourth-order valence-electron chi connectivity index (χ4n) is 6.46. The molecule has 3 aromatic heterocycles. The molecule has 0 saturated heterocycles. The summed E-state index contributed by atoms with van der Waals surface area (Å²) in [5, 5.41) is 3.56. The van der Waals surface area contributed by atoms with Crippen molar-refractivity contribution in [1.29, 1.82) is 0 Å². The number of allylic oxidation sites excluding steroid dienone is 2. The van der Waals surface area contributed by atoms with Crippen LogP contribution in [0.15, 0.2) is 128 Å². The highest BCUT2D eigenvalue weighted by molar-refractivity contribution is 5.74. The molecular weight excluding hydrogens is 661 g/mol. The van der Waals surface area contributed by atoms with E-state index >= 15 is 0 Å². The summed E-state index contributed by atoms with van der Waals surface area (Å²) < 4.78 is 0. The van der Waals surface area contributed by atoms with E-state index in [1.165, 1.54) is 22.3 Å². The van der Waals surface area contributed by atoms with Crippen LogP contribution in [0.25, 0.3) is 50.9 Å². The lowest BCUT2D eigenvalue weighted by Crippen LogP contribution is -2.18. The minimum absolute atomic E-state index is 0.0481. The monoisotopic (exact) mass is 710 g/mol. The first-order valence-electron chi connectivity index (χ1n) is 18.8. The van der Waals surface area contributed by atoms with Crippen molar-refractivity contribution in [3.63, 3.8) is 0 Å². The van der Waals surface area contributed by atoms with Gasteiger partial charge in [0.05, 0.1) is 17.4 Å². The Morgan fingerprint density at radius 2 is 0.833 bits per heavy atom. The molecule has 1 unspecified atom stereocenters. The predicted octanol–water partition coefficient (Wildman–Crippen LogP) is 11.5. The van der Waals surface area contributed by atoms with Gasteiger partial charge >= 0.3 is 0 Å². The van der Waals surface area contributed by atoms with E-state index in [1.54, 1.807) is 0 Å². The molecule has 1 atom stereocenters. The Bertz CT molecular complexity index is 2180. The molecule has 54 heavy (non-hydrogen) atoms. The van der Waals surface area contributed by atoms with Crippen LogP contribution in [0.2, 0.25) is 0 Å². The standard InChI is InChI=1S/C48H50N6/c1-46(2,3)37-19-10-31(11-20-37)40-25-16-34(28-49-40)43-52-44(35-17-26-41(50-29-35)32-12-21-38(22-13-32)47(4,5)6)54-45(53-43)36-18-27-42(51-30-36)33-14-23-39(24-15-33)48(7,8)9/h10-30,40,49H,1-9H3. The van der Waals surface area contributed by atoms with E-state index in [1.807, 2.05) is 42.9 Å². The van der Waals surface area contributed by atoms with E-state index in [0.29, 0.717) is 17.5 Å². The van der Waals surface area contributed by atoms with Crippen molar-refractivity contribution in [2.45, 2.75) is 84.6 Å². The first-order chi connectivity index (χ1) is 25.6. The summed E-state index contributed by atoms with van der Waals surface area (Å²) in [6.07, 6.45) is 9.94. The van der Waals surface area contributed by atoms with Crippen molar-refractivity contribution < 1.29 is 0 Å². The van der Waals surface area contributed by atoms with Gasteiger partial charge in [-0.05, 0) is 62.8 Å². The molecule has 1 aliphatic heterocycles. The van der Waals surface area contributed by atoms with Gasteiger partial charge in [0, 0.05) is 46.4 Å². The normalized spacial score (nSPS) is 14.8. The van der Waals surface area contributed by atoms with Crippen LogP contribution in [0.4, 0.5) is 0 Å². The van der Waals surface area contributed by atoms with E-state index < -0.39 is 0 Å². The molecule has 0 spiro atoms. The molecule has 0 bridgehead atoms. The van der Waals surface area contributed by atoms with Crippen molar-refractivity contribution in [1.82, 2.24) is 30.2 Å². The van der Waals surface area contributed by atoms with Gasteiger partial charge in [0.15, 0.2) is 17.5 Å². The molecule has 0 aliphatic carbocycles. The van der Waals surface area contributed by atoms with Crippen LogP contribution in [0.1, 0.15) is 96.4 Å². The maximum absolute atomic E-state index is 4.98. The molecule has 0 radical (unpaired) electrons. The maximum Gasteiger partial charge on any atom is 0.165 e. The minimum Gasteiger partial charge on any atom is -0.380 e. The van der Waals surface area contributed by atoms with Crippen LogP contribution in [-0.2, 0) is 16.2 Å². The fourth-order valence-corrected chi connectivity index (χ4v) is 6.46. The Morgan fingerprint density at radius 1 is 0.444 bits per heavy atom. The fraction of sp³-hybridized carbons (Fsp3) is 0.271. The second-order valence-corrected chi connectivity index (χ2v) is 17.3. The lowest BCUT2D eigenvalue weighted by atomic mass is 9.86. The number of nitrogens with zero attached hydrogens (tertiary/aromatic N) is 5. The van der Waals surface area contributed by atoms with E-state index in [4.69, 9.17) is 24.9 Å². The third-order valence-corrected chi connectivity index (χ3v) is 10.1. The molecule has 272 valence electrons. The molecule has 6 aromatic rings. The quantitative estimate of drug-likeness (QED) is 0.185. The zero-order chi connectivity index (χ0) is 38.3. The van der Waals surface area contributed by atoms with Gasteiger partial charge < -0.3 is 5.32 Å². The van der Waals surface area contributed by atoms with Crippen molar-refractivity contribution in [2.24, 2.45) is 0 Å². The average Bonchev–Trinajstić information content (AvgIpc) is 3.17. The lowest BCUT2D eigenvalue weighted by Gasteiger charge is -2.22. The first-order valence-corrected chi connectivity index (χ1v) is 18.8. The third kappa shape index (κ3) is 8.08. The number of hydrogen-bond acceptors (Lipinski definition) is 6. The van der Waals surface area contributed by atoms with Gasteiger partial charge in [0.25, 0.3) is 0 Å². The van der Waals surface area contributed by atoms with E-state index in [-0.39, 0.29) is 22.3 Å². The summed E-state index contributed by atoms with van der Waals surface area (Å²) in [6.45, 7) is 20.0. The largest absolute Gasteiger partial charge is 0.380 e. The summed E-state index contributed by atoms with van der Waals surface area (Å²) in [4.78, 5) is 24.6. The van der Waals surface area contributed by atoms with Crippen LogP contribution in [0.5, 0.6) is 0 Å². The smallest absolute Gasteiger partial charge is 0.165 e. The van der Waals surface area contributed by atoms with Crippen LogP contribution >= 0.6 is 0 Å². The molecular formula is C48H50N6. The molecule has 1 aliphatic rings. The van der Waals surface area contributed by atoms with Crippen molar-refractivity contribution in [3.05, 3.63) is 156 Å². The zero-order valence-corrected chi connectivity index (χ0v) is 32.9. The van der Waals surface area contributed by atoms with Gasteiger partial charge in [-0.2, -0.15) is 0 Å². The minimum atomic E-state index is 0.0481. The number of benzene rings is 3. The Balaban J connectivity index is 1.20. The molecule has 0 fully saturated rings. The number of pyridine rings is 2. The Hall–Kier alpha value is -5.75. The highest BCUT2D eigenvalue weighted by atomic mass is 15.0. The molecule has 6 nitrogen and oxygen atoms in total. The Kier molecular flexibility index (Phi) is 9.65. The second-order valence-electron chi connectivity index (χ2n) is 17.3. The number of hydrogen-bond donors (Lipinski definition) is 1. The summed E-state index contributed by atoms with van der Waals surface area (Å²) >= 11 is 0. The van der Waals surface area contributed by atoms with E-state index in [9.17, 15) is 0 Å². The summed E-state index contributed by atoms with van der Waals surface area (Å²) in [6, 6.07) is 34.3. The van der Waals surface area contributed by atoms with Crippen LogP contribution < -0.4 is 5.32 Å².